The quantitative estimate of drug-likeness (QED) is 0.331. The molecule has 5 rings (SSSR count). The lowest BCUT2D eigenvalue weighted by atomic mass is 10.1. The van der Waals surface area contributed by atoms with Crippen LogP contribution in [-0.4, -0.2) is 65.0 Å². The van der Waals surface area contributed by atoms with Gasteiger partial charge in [-0.3, -0.25) is 9.69 Å². The summed E-state index contributed by atoms with van der Waals surface area (Å²) in [6.07, 6.45) is 1.53. The number of hydrogen-bond donors (Lipinski definition) is 1. The number of ether oxygens (including phenoxy) is 1. The molecule has 2 aromatic carbocycles. The molecular weight excluding hydrogens is 491 g/mol. The number of carbonyl (C=O) groups excluding carboxylic acids is 1. The molecule has 0 saturated carbocycles. The molecule has 3 heterocycles. The number of nitrogens with zero attached hydrogens (tertiary/aromatic N) is 5. The molecule has 0 aliphatic carbocycles. The number of ketones is 1. The first-order valence-corrected chi connectivity index (χ1v) is 13.1. The SMILES string of the molecule is CC(=O)c1ccc(OCCN2CCN(c3nc(N)nc4sc(CCc5ccc(F)cc5)nc34)CC2)cc1. The smallest absolute Gasteiger partial charge is 0.223 e. The van der Waals surface area contributed by atoms with Gasteiger partial charge in [-0.2, -0.15) is 4.98 Å². The molecule has 0 amide bonds. The van der Waals surface area contributed by atoms with Gasteiger partial charge in [0.25, 0.3) is 0 Å². The van der Waals surface area contributed by atoms with E-state index in [2.05, 4.69) is 19.8 Å². The van der Waals surface area contributed by atoms with Crippen molar-refractivity contribution in [3.8, 4) is 5.75 Å². The second kappa shape index (κ2) is 11.2. The summed E-state index contributed by atoms with van der Waals surface area (Å²) in [5.41, 5.74) is 8.59. The third-order valence-electron chi connectivity index (χ3n) is 6.45. The third kappa shape index (κ3) is 6.20. The lowest BCUT2D eigenvalue weighted by molar-refractivity contribution is 0.101. The number of fused-ring (bicyclic) bond motifs is 1. The lowest BCUT2D eigenvalue weighted by Crippen LogP contribution is -2.47. The molecule has 37 heavy (non-hydrogen) atoms. The van der Waals surface area contributed by atoms with Gasteiger partial charge in [0.05, 0.1) is 5.01 Å². The molecule has 1 aliphatic rings. The Hall–Kier alpha value is -3.63. The molecule has 10 heteroatoms. The zero-order valence-electron chi connectivity index (χ0n) is 20.7. The molecule has 2 N–H and O–H groups in total. The maximum atomic E-state index is 13.2. The Labute approximate surface area is 218 Å². The number of carbonyl (C=O) groups is 1. The van der Waals surface area contributed by atoms with Gasteiger partial charge in [0.2, 0.25) is 5.95 Å². The van der Waals surface area contributed by atoms with E-state index in [0.717, 1.165) is 78.1 Å². The number of nitrogens with two attached hydrogens (primary N) is 1. The second-order valence-corrected chi connectivity index (χ2v) is 10.1. The van der Waals surface area contributed by atoms with Crippen LogP contribution in [0.2, 0.25) is 0 Å². The van der Waals surface area contributed by atoms with E-state index in [-0.39, 0.29) is 17.5 Å². The molecule has 1 fully saturated rings. The Balaban J connectivity index is 1.17. The summed E-state index contributed by atoms with van der Waals surface area (Å²) in [5.74, 6) is 1.62. The first-order valence-electron chi connectivity index (χ1n) is 12.3. The van der Waals surface area contributed by atoms with Gasteiger partial charge in [0.1, 0.15) is 23.7 Å². The fraction of sp³-hybridized carbons (Fsp3) is 0.333. The molecule has 0 spiro atoms. The Bertz CT molecular complexity index is 1370. The average molecular weight is 521 g/mol. The van der Waals surface area contributed by atoms with Gasteiger partial charge in [0.15, 0.2) is 16.4 Å². The zero-order chi connectivity index (χ0) is 25.8. The number of thiazole rings is 1. The topological polar surface area (TPSA) is 97.5 Å². The van der Waals surface area contributed by atoms with Crippen LogP contribution in [0.4, 0.5) is 16.2 Å². The zero-order valence-corrected chi connectivity index (χ0v) is 21.5. The third-order valence-corrected chi connectivity index (χ3v) is 7.46. The van der Waals surface area contributed by atoms with Crippen LogP contribution >= 0.6 is 11.3 Å². The maximum absolute atomic E-state index is 13.2. The molecule has 0 unspecified atom stereocenters. The minimum Gasteiger partial charge on any atom is -0.492 e. The summed E-state index contributed by atoms with van der Waals surface area (Å²) < 4.78 is 19.0. The van der Waals surface area contributed by atoms with Gasteiger partial charge in [0, 0.05) is 44.7 Å². The van der Waals surface area contributed by atoms with E-state index < -0.39 is 0 Å². The Morgan fingerprint density at radius 1 is 1.00 bits per heavy atom. The van der Waals surface area contributed by atoms with Crippen molar-refractivity contribution in [1.82, 2.24) is 19.9 Å². The Morgan fingerprint density at radius 3 is 2.43 bits per heavy atom. The molecule has 4 aromatic rings. The highest BCUT2D eigenvalue weighted by Gasteiger charge is 2.22. The maximum Gasteiger partial charge on any atom is 0.223 e. The van der Waals surface area contributed by atoms with E-state index in [1.807, 2.05) is 12.1 Å². The Kier molecular flexibility index (Phi) is 7.57. The van der Waals surface area contributed by atoms with Crippen LogP contribution in [-0.2, 0) is 12.8 Å². The standard InChI is InChI=1S/C27H29FN6O2S/c1-18(35)20-5-9-22(10-6-20)36-17-16-33-12-14-34(15-13-33)25-24-26(32-27(29)31-25)37-23(30-24)11-4-19-2-7-21(28)8-3-19/h2-3,5-10H,4,11-17H2,1H3,(H2,29,31,32). The van der Waals surface area contributed by atoms with Gasteiger partial charge >= 0.3 is 0 Å². The molecule has 0 radical (unpaired) electrons. The molecular formula is C27H29FN6O2S. The van der Waals surface area contributed by atoms with Crippen LogP contribution in [0.15, 0.2) is 48.5 Å². The molecule has 0 bridgehead atoms. The van der Waals surface area contributed by atoms with Crippen molar-refractivity contribution in [2.75, 3.05) is 50.0 Å². The first-order chi connectivity index (χ1) is 17.9. The first kappa shape index (κ1) is 25.0. The minimum absolute atomic E-state index is 0.0472. The number of benzene rings is 2. The molecule has 1 saturated heterocycles. The van der Waals surface area contributed by atoms with Crippen molar-refractivity contribution >= 4 is 39.2 Å². The summed E-state index contributed by atoms with van der Waals surface area (Å²) in [7, 11) is 0. The van der Waals surface area contributed by atoms with Crippen molar-refractivity contribution < 1.29 is 13.9 Å². The van der Waals surface area contributed by atoms with E-state index in [0.29, 0.717) is 12.2 Å². The summed E-state index contributed by atoms with van der Waals surface area (Å²) in [6, 6.07) is 13.8. The number of halogens is 1. The Morgan fingerprint density at radius 2 is 1.73 bits per heavy atom. The van der Waals surface area contributed by atoms with E-state index >= 15 is 0 Å². The van der Waals surface area contributed by atoms with Crippen molar-refractivity contribution in [3.05, 3.63) is 70.5 Å². The molecule has 1 aliphatic heterocycles. The van der Waals surface area contributed by atoms with Crippen molar-refractivity contribution in [1.29, 1.82) is 0 Å². The van der Waals surface area contributed by atoms with Crippen LogP contribution in [0.3, 0.4) is 0 Å². The van der Waals surface area contributed by atoms with Crippen molar-refractivity contribution in [2.24, 2.45) is 0 Å². The van der Waals surface area contributed by atoms with Crippen molar-refractivity contribution in [2.45, 2.75) is 19.8 Å². The van der Waals surface area contributed by atoms with Crippen LogP contribution < -0.4 is 15.4 Å². The van der Waals surface area contributed by atoms with E-state index in [1.54, 1.807) is 31.2 Å². The molecule has 0 atom stereocenters. The van der Waals surface area contributed by atoms with E-state index in [4.69, 9.17) is 15.5 Å². The summed E-state index contributed by atoms with van der Waals surface area (Å²) in [6.45, 7) is 6.31. The van der Waals surface area contributed by atoms with E-state index in [1.165, 1.54) is 23.5 Å². The largest absolute Gasteiger partial charge is 0.492 e. The highest BCUT2D eigenvalue weighted by molar-refractivity contribution is 7.18. The number of rotatable bonds is 9. The highest BCUT2D eigenvalue weighted by atomic mass is 32.1. The van der Waals surface area contributed by atoms with Gasteiger partial charge in [-0.15, -0.1) is 0 Å². The summed E-state index contributed by atoms with van der Waals surface area (Å²) >= 11 is 1.54. The number of nitrogen functional groups attached to an aromatic ring is 1. The fourth-order valence-electron chi connectivity index (χ4n) is 4.36. The van der Waals surface area contributed by atoms with Gasteiger partial charge < -0.3 is 15.4 Å². The number of aryl methyl sites for hydroxylation is 2. The summed E-state index contributed by atoms with van der Waals surface area (Å²) in [4.78, 5) is 30.6. The number of piperazine rings is 1. The minimum atomic E-state index is -0.229. The number of hydrogen-bond acceptors (Lipinski definition) is 9. The number of Topliss-reactive ketones (excluding diaryl/α,β-unsaturated/α-hetero) is 1. The van der Waals surface area contributed by atoms with Gasteiger partial charge in [-0.05, 0) is 55.3 Å². The monoisotopic (exact) mass is 520 g/mol. The number of anilines is 2. The summed E-state index contributed by atoms with van der Waals surface area (Å²) in [5, 5.41) is 0.965. The fourth-order valence-corrected chi connectivity index (χ4v) is 5.30. The predicted octanol–water partition coefficient (Wildman–Crippen LogP) is 4.00. The average Bonchev–Trinajstić information content (AvgIpc) is 3.31. The molecule has 192 valence electrons. The normalized spacial score (nSPS) is 14.3. The molecule has 8 nitrogen and oxygen atoms in total. The highest BCUT2D eigenvalue weighted by Crippen LogP contribution is 2.30. The van der Waals surface area contributed by atoms with Gasteiger partial charge in [-0.1, -0.05) is 23.5 Å². The van der Waals surface area contributed by atoms with Crippen LogP contribution in [0.25, 0.3) is 10.3 Å². The van der Waals surface area contributed by atoms with Crippen LogP contribution in [0.1, 0.15) is 27.9 Å². The number of aromatic nitrogens is 3. The predicted molar refractivity (Wildman–Crippen MR) is 144 cm³/mol. The van der Waals surface area contributed by atoms with Crippen molar-refractivity contribution in [3.63, 3.8) is 0 Å². The molecule has 2 aromatic heterocycles. The van der Waals surface area contributed by atoms with Crippen LogP contribution in [0, 0.1) is 5.82 Å². The van der Waals surface area contributed by atoms with E-state index in [9.17, 15) is 9.18 Å². The van der Waals surface area contributed by atoms with Gasteiger partial charge in [-0.25, -0.2) is 14.4 Å². The van der Waals surface area contributed by atoms with Crippen LogP contribution in [0.5, 0.6) is 5.75 Å². The second-order valence-electron chi connectivity index (χ2n) is 9.05. The lowest BCUT2D eigenvalue weighted by Gasteiger charge is -2.35.